The normalized spacial score (nSPS) is 10.1. The molecular weight excluding hydrogens is 181 g/mol. The molecule has 0 aliphatic heterocycles. The van der Waals surface area contributed by atoms with Gasteiger partial charge in [0.2, 0.25) is 6.08 Å². The molecule has 0 bridgehead atoms. The Hall–Kier alpha value is -1.73. The van der Waals surface area contributed by atoms with Crippen LogP contribution in [0.15, 0.2) is 41.4 Å². The van der Waals surface area contributed by atoms with Crippen molar-refractivity contribution >= 4 is 6.08 Å². The second-order valence-electron chi connectivity index (χ2n) is 2.70. The van der Waals surface area contributed by atoms with Crippen LogP contribution in [0.3, 0.4) is 0 Å². The molecule has 0 amide bonds. The molecule has 0 aliphatic rings. The van der Waals surface area contributed by atoms with Crippen LogP contribution in [0.2, 0.25) is 0 Å². The molecule has 0 saturated carbocycles. The van der Waals surface area contributed by atoms with E-state index in [1.54, 1.807) is 30.4 Å². The molecule has 2 nitrogen and oxygen atoms in total. The van der Waals surface area contributed by atoms with E-state index in [4.69, 9.17) is 0 Å². The third kappa shape index (κ3) is 3.33. The number of hydrogen-bond donors (Lipinski definition) is 0. The number of aliphatic imine (C=N–C) groups is 1. The molecule has 0 saturated heterocycles. The Labute approximate surface area is 81.8 Å². The molecular formula is C11H10FNO. The summed E-state index contributed by atoms with van der Waals surface area (Å²) in [6, 6.07) is 6.59. The number of rotatable bonds is 4. The molecule has 1 aromatic carbocycles. The summed E-state index contributed by atoms with van der Waals surface area (Å²) in [6.45, 7) is 0.304. The lowest BCUT2D eigenvalue weighted by Crippen LogP contribution is -1.86. The lowest BCUT2D eigenvalue weighted by atomic mass is 10.1. The molecule has 1 aromatic rings. The highest BCUT2D eigenvalue weighted by Gasteiger charge is 1.95. The van der Waals surface area contributed by atoms with E-state index in [1.165, 1.54) is 12.1 Å². The number of hydrogen-bond acceptors (Lipinski definition) is 2. The Morgan fingerprint density at radius 3 is 2.86 bits per heavy atom. The predicted molar refractivity (Wildman–Crippen MR) is 52.2 cm³/mol. The molecule has 0 atom stereocenters. The highest BCUT2D eigenvalue weighted by atomic mass is 19.1. The fourth-order valence-corrected chi connectivity index (χ4v) is 1.04. The van der Waals surface area contributed by atoms with Crippen LogP contribution in [0.4, 0.5) is 4.39 Å². The first kappa shape index (κ1) is 10.4. The lowest BCUT2D eigenvalue weighted by molar-refractivity contribution is 0.564. The molecule has 0 aliphatic carbocycles. The standard InChI is InChI=1S/C11H10FNO/c12-11-7-2-1-5-10(11)6-3-4-8-13-9-14/h1-5,7H,6,8H2/b4-3-. The van der Waals surface area contributed by atoms with Gasteiger partial charge in [0.1, 0.15) is 5.82 Å². The lowest BCUT2D eigenvalue weighted by Gasteiger charge is -1.96. The van der Waals surface area contributed by atoms with E-state index in [1.807, 2.05) is 0 Å². The van der Waals surface area contributed by atoms with Crippen molar-refractivity contribution in [3.63, 3.8) is 0 Å². The van der Waals surface area contributed by atoms with E-state index in [0.29, 0.717) is 18.5 Å². The minimum absolute atomic E-state index is 0.212. The smallest absolute Gasteiger partial charge is 0.211 e. The van der Waals surface area contributed by atoms with Crippen molar-refractivity contribution in [1.29, 1.82) is 0 Å². The minimum Gasteiger partial charge on any atom is -0.211 e. The maximum Gasteiger partial charge on any atom is 0.235 e. The van der Waals surface area contributed by atoms with E-state index in [9.17, 15) is 9.18 Å². The number of allylic oxidation sites excluding steroid dienone is 1. The minimum atomic E-state index is -0.212. The van der Waals surface area contributed by atoms with E-state index in [2.05, 4.69) is 4.99 Å². The van der Waals surface area contributed by atoms with Gasteiger partial charge in [0.25, 0.3) is 0 Å². The summed E-state index contributed by atoms with van der Waals surface area (Å²) in [5.74, 6) is -0.212. The summed E-state index contributed by atoms with van der Waals surface area (Å²) in [5, 5.41) is 0. The second kappa shape index (κ2) is 5.84. The van der Waals surface area contributed by atoms with Gasteiger partial charge in [0, 0.05) is 0 Å². The number of isocyanates is 1. The van der Waals surface area contributed by atoms with Gasteiger partial charge in [-0.2, -0.15) is 0 Å². The van der Waals surface area contributed by atoms with E-state index in [0.717, 1.165) is 0 Å². The third-order valence-corrected chi connectivity index (χ3v) is 1.72. The predicted octanol–water partition coefficient (Wildman–Crippen LogP) is 2.26. The Balaban J connectivity index is 2.49. The van der Waals surface area contributed by atoms with E-state index >= 15 is 0 Å². The van der Waals surface area contributed by atoms with Crippen LogP contribution in [0.25, 0.3) is 0 Å². The van der Waals surface area contributed by atoms with Gasteiger partial charge in [-0.3, -0.25) is 0 Å². The van der Waals surface area contributed by atoms with Crippen molar-refractivity contribution in [2.75, 3.05) is 6.54 Å². The Morgan fingerprint density at radius 1 is 1.36 bits per heavy atom. The van der Waals surface area contributed by atoms with Crippen LogP contribution in [0, 0.1) is 5.82 Å². The largest absolute Gasteiger partial charge is 0.235 e. The summed E-state index contributed by atoms with van der Waals surface area (Å²) in [6.07, 6.45) is 5.43. The topological polar surface area (TPSA) is 29.4 Å². The molecule has 0 unspecified atom stereocenters. The average Bonchev–Trinajstić information content (AvgIpc) is 2.20. The SMILES string of the molecule is O=C=NC/C=C\Cc1ccccc1F. The molecule has 0 radical (unpaired) electrons. The van der Waals surface area contributed by atoms with Gasteiger partial charge in [0.15, 0.2) is 0 Å². The number of nitrogens with zero attached hydrogens (tertiary/aromatic N) is 1. The van der Waals surface area contributed by atoms with E-state index in [-0.39, 0.29) is 5.82 Å². The zero-order valence-corrected chi connectivity index (χ0v) is 7.61. The van der Waals surface area contributed by atoms with Crippen molar-refractivity contribution < 1.29 is 9.18 Å². The number of benzene rings is 1. The quantitative estimate of drug-likeness (QED) is 0.407. The number of halogens is 1. The van der Waals surface area contributed by atoms with E-state index < -0.39 is 0 Å². The van der Waals surface area contributed by atoms with Gasteiger partial charge in [-0.05, 0) is 18.1 Å². The average molecular weight is 191 g/mol. The first-order chi connectivity index (χ1) is 6.84. The molecule has 14 heavy (non-hydrogen) atoms. The fraction of sp³-hybridized carbons (Fsp3) is 0.182. The summed E-state index contributed by atoms with van der Waals surface area (Å²) >= 11 is 0. The van der Waals surface area contributed by atoms with Crippen molar-refractivity contribution in [2.45, 2.75) is 6.42 Å². The maximum absolute atomic E-state index is 13.0. The van der Waals surface area contributed by atoms with Crippen LogP contribution >= 0.6 is 0 Å². The van der Waals surface area contributed by atoms with Crippen LogP contribution in [-0.2, 0) is 11.2 Å². The summed E-state index contributed by atoms with van der Waals surface area (Å²) < 4.78 is 13.0. The summed E-state index contributed by atoms with van der Waals surface area (Å²) in [5.41, 5.74) is 0.638. The van der Waals surface area contributed by atoms with Gasteiger partial charge in [-0.1, -0.05) is 30.4 Å². The van der Waals surface area contributed by atoms with Gasteiger partial charge in [-0.25, -0.2) is 14.2 Å². The van der Waals surface area contributed by atoms with Crippen molar-refractivity contribution in [2.24, 2.45) is 4.99 Å². The van der Waals surface area contributed by atoms with Crippen molar-refractivity contribution in [3.8, 4) is 0 Å². The zero-order chi connectivity index (χ0) is 10.2. The molecule has 0 spiro atoms. The third-order valence-electron chi connectivity index (χ3n) is 1.72. The van der Waals surface area contributed by atoms with Gasteiger partial charge in [0.05, 0.1) is 6.54 Å². The Morgan fingerprint density at radius 2 is 2.14 bits per heavy atom. The molecule has 3 heteroatoms. The monoisotopic (exact) mass is 191 g/mol. The van der Waals surface area contributed by atoms with Gasteiger partial charge >= 0.3 is 0 Å². The first-order valence-electron chi connectivity index (χ1n) is 4.26. The maximum atomic E-state index is 13.0. The van der Waals surface area contributed by atoms with Gasteiger partial charge < -0.3 is 0 Å². The highest BCUT2D eigenvalue weighted by molar-refractivity contribution is 5.33. The molecule has 0 aromatic heterocycles. The van der Waals surface area contributed by atoms with Crippen molar-refractivity contribution in [1.82, 2.24) is 0 Å². The zero-order valence-electron chi connectivity index (χ0n) is 7.61. The molecule has 1 rings (SSSR count). The van der Waals surface area contributed by atoms with Crippen LogP contribution in [-0.4, -0.2) is 12.6 Å². The molecule has 0 fully saturated rings. The molecule has 0 N–H and O–H groups in total. The summed E-state index contributed by atoms with van der Waals surface area (Å²) in [4.78, 5) is 13.0. The van der Waals surface area contributed by atoms with Crippen molar-refractivity contribution in [3.05, 3.63) is 47.8 Å². The fourth-order valence-electron chi connectivity index (χ4n) is 1.04. The summed E-state index contributed by atoms with van der Waals surface area (Å²) in [7, 11) is 0. The second-order valence-corrected chi connectivity index (χ2v) is 2.70. The van der Waals surface area contributed by atoms with Crippen LogP contribution in [0.1, 0.15) is 5.56 Å². The molecule has 72 valence electrons. The Kier molecular flexibility index (Phi) is 4.32. The van der Waals surface area contributed by atoms with Crippen LogP contribution in [0.5, 0.6) is 0 Å². The van der Waals surface area contributed by atoms with Crippen LogP contribution < -0.4 is 0 Å². The van der Waals surface area contributed by atoms with Gasteiger partial charge in [-0.15, -0.1) is 0 Å². The number of carbonyl (C=O) groups excluding carboxylic acids is 1. The highest BCUT2D eigenvalue weighted by Crippen LogP contribution is 2.07. The molecule has 0 heterocycles. The Bertz CT molecular complexity index is 367. The first-order valence-corrected chi connectivity index (χ1v) is 4.26.